The van der Waals surface area contributed by atoms with Crippen molar-refractivity contribution in [2.75, 3.05) is 0 Å². The molecular formula is C13H17BrN2. The normalized spacial score (nSPS) is 12.3. The number of nitrogens with zero attached hydrogens (tertiary/aromatic N) is 1. The zero-order valence-corrected chi connectivity index (χ0v) is 11.8. The summed E-state index contributed by atoms with van der Waals surface area (Å²) in [6.07, 6.45) is 1.08. The fraction of sp³-hybridized carbons (Fsp3) is 0.462. The third-order valence-corrected chi connectivity index (χ3v) is 3.72. The van der Waals surface area contributed by atoms with Gasteiger partial charge in [0.25, 0.3) is 0 Å². The van der Waals surface area contributed by atoms with Gasteiger partial charge in [-0.15, -0.1) is 0 Å². The molecule has 86 valence electrons. The Balaban J connectivity index is 2.65. The van der Waals surface area contributed by atoms with Gasteiger partial charge in [-0.1, -0.05) is 36.7 Å². The van der Waals surface area contributed by atoms with Crippen LogP contribution in [0.2, 0.25) is 0 Å². The molecule has 0 aliphatic rings. The van der Waals surface area contributed by atoms with Gasteiger partial charge < -0.3 is 4.98 Å². The van der Waals surface area contributed by atoms with Crippen molar-refractivity contribution in [1.29, 1.82) is 0 Å². The number of nitrogens with one attached hydrogen (secondary N) is 1. The summed E-state index contributed by atoms with van der Waals surface area (Å²) in [5, 5.41) is 0. The van der Waals surface area contributed by atoms with Crippen molar-refractivity contribution in [3.63, 3.8) is 0 Å². The average molecular weight is 281 g/mol. The average Bonchev–Trinajstić information content (AvgIpc) is 2.62. The second-order valence-corrected chi connectivity index (χ2v) is 5.86. The number of benzene rings is 1. The van der Waals surface area contributed by atoms with Crippen LogP contribution in [-0.2, 0) is 5.41 Å². The van der Waals surface area contributed by atoms with Gasteiger partial charge in [0.15, 0.2) is 0 Å². The van der Waals surface area contributed by atoms with Crippen LogP contribution >= 0.6 is 15.9 Å². The molecule has 0 radical (unpaired) electrons. The van der Waals surface area contributed by atoms with Gasteiger partial charge in [-0.2, -0.15) is 0 Å². The first-order valence-corrected chi connectivity index (χ1v) is 6.39. The van der Waals surface area contributed by atoms with Gasteiger partial charge in [-0.3, -0.25) is 0 Å². The van der Waals surface area contributed by atoms with Crippen LogP contribution in [0, 0.1) is 6.92 Å². The van der Waals surface area contributed by atoms with Crippen LogP contribution in [-0.4, -0.2) is 9.97 Å². The quantitative estimate of drug-likeness (QED) is 0.872. The molecule has 0 fully saturated rings. The van der Waals surface area contributed by atoms with Crippen LogP contribution < -0.4 is 0 Å². The summed E-state index contributed by atoms with van der Waals surface area (Å²) in [6, 6.07) is 4.19. The molecule has 0 bridgehead atoms. The maximum absolute atomic E-state index is 4.72. The lowest BCUT2D eigenvalue weighted by Gasteiger charge is -2.18. The molecule has 1 heterocycles. The predicted octanol–water partition coefficient (Wildman–Crippen LogP) is 4.32. The fourth-order valence-corrected chi connectivity index (χ4v) is 2.31. The molecular weight excluding hydrogens is 264 g/mol. The molecule has 0 saturated carbocycles. The third-order valence-electron chi connectivity index (χ3n) is 3.27. The minimum Gasteiger partial charge on any atom is -0.341 e. The van der Waals surface area contributed by atoms with E-state index in [2.05, 4.69) is 60.7 Å². The zero-order chi connectivity index (χ0) is 11.9. The summed E-state index contributed by atoms with van der Waals surface area (Å²) in [7, 11) is 0. The van der Waals surface area contributed by atoms with Crippen molar-refractivity contribution < 1.29 is 0 Å². The fourth-order valence-electron chi connectivity index (χ4n) is 1.73. The van der Waals surface area contributed by atoms with Gasteiger partial charge >= 0.3 is 0 Å². The van der Waals surface area contributed by atoms with Crippen molar-refractivity contribution >= 4 is 27.0 Å². The molecule has 0 unspecified atom stereocenters. The summed E-state index contributed by atoms with van der Waals surface area (Å²) < 4.78 is 1.10. The van der Waals surface area contributed by atoms with Crippen LogP contribution in [0.4, 0.5) is 0 Å². The van der Waals surface area contributed by atoms with E-state index in [1.54, 1.807) is 0 Å². The van der Waals surface area contributed by atoms with Crippen molar-refractivity contribution in [2.45, 2.75) is 39.5 Å². The summed E-state index contributed by atoms with van der Waals surface area (Å²) in [5.74, 6) is 1.08. The molecule has 1 N–H and O–H groups in total. The Bertz CT molecular complexity index is 526. The van der Waals surface area contributed by atoms with Crippen LogP contribution in [0.15, 0.2) is 16.6 Å². The van der Waals surface area contributed by atoms with E-state index in [1.807, 2.05) is 0 Å². The number of hydrogen-bond acceptors (Lipinski definition) is 1. The maximum Gasteiger partial charge on any atom is 0.112 e. The van der Waals surface area contributed by atoms with Gasteiger partial charge in [0.2, 0.25) is 0 Å². The molecule has 2 nitrogen and oxygen atoms in total. The number of aromatic nitrogens is 2. The van der Waals surface area contributed by atoms with Crippen LogP contribution in [0.1, 0.15) is 38.6 Å². The molecule has 0 aliphatic heterocycles. The number of fused-ring (bicyclic) bond motifs is 1. The minimum absolute atomic E-state index is 0.109. The Morgan fingerprint density at radius 1 is 1.38 bits per heavy atom. The van der Waals surface area contributed by atoms with E-state index < -0.39 is 0 Å². The van der Waals surface area contributed by atoms with Crippen molar-refractivity contribution in [3.8, 4) is 0 Å². The summed E-state index contributed by atoms with van der Waals surface area (Å²) >= 11 is 3.51. The smallest absolute Gasteiger partial charge is 0.112 e. The molecule has 2 aromatic rings. The Morgan fingerprint density at radius 2 is 2.06 bits per heavy atom. The highest BCUT2D eigenvalue weighted by Gasteiger charge is 2.22. The van der Waals surface area contributed by atoms with E-state index in [0.29, 0.717) is 0 Å². The Morgan fingerprint density at radius 3 is 2.69 bits per heavy atom. The maximum atomic E-state index is 4.72. The molecule has 16 heavy (non-hydrogen) atoms. The van der Waals surface area contributed by atoms with Gasteiger partial charge in [0, 0.05) is 9.89 Å². The number of aromatic amines is 1. The standard InChI is InChI=1S/C13H17BrN2/c1-5-13(3,4)12-15-10-7-9(14)6-8(2)11(10)16-12/h6-7H,5H2,1-4H3,(H,15,16). The zero-order valence-electron chi connectivity index (χ0n) is 10.2. The number of aryl methyl sites for hydroxylation is 1. The largest absolute Gasteiger partial charge is 0.341 e. The third kappa shape index (κ3) is 1.88. The molecule has 0 amide bonds. The summed E-state index contributed by atoms with van der Waals surface area (Å²) in [5.41, 5.74) is 3.51. The summed E-state index contributed by atoms with van der Waals surface area (Å²) in [4.78, 5) is 8.15. The summed E-state index contributed by atoms with van der Waals surface area (Å²) in [6.45, 7) is 8.72. The molecule has 3 heteroatoms. The number of H-pyrrole nitrogens is 1. The topological polar surface area (TPSA) is 28.7 Å². The lowest BCUT2D eigenvalue weighted by Crippen LogP contribution is -2.17. The van der Waals surface area contributed by atoms with Crippen molar-refractivity contribution in [3.05, 3.63) is 28.0 Å². The van der Waals surface area contributed by atoms with Gasteiger partial charge in [0.1, 0.15) is 5.82 Å². The van der Waals surface area contributed by atoms with Crippen LogP contribution in [0.25, 0.3) is 11.0 Å². The molecule has 1 aromatic carbocycles. The monoisotopic (exact) mass is 280 g/mol. The molecule has 1 aromatic heterocycles. The highest BCUT2D eigenvalue weighted by Crippen LogP contribution is 2.28. The SMILES string of the molecule is CCC(C)(C)c1nc2c(C)cc(Br)cc2[nH]1. The van der Waals surface area contributed by atoms with E-state index in [1.165, 1.54) is 5.56 Å². The predicted molar refractivity (Wildman–Crippen MR) is 71.8 cm³/mol. The highest BCUT2D eigenvalue weighted by molar-refractivity contribution is 9.10. The molecule has 0 spiro atoms. The van der Waals surface area contributed by atoms with Gasteiger partial charge in [-0.25, -0.2) is 4.98 Å². The van der Waals surface area contributed by atoms with Crippen molar-refractivity contribution in [1.82, 2.24) is 9.97 Å². The van der Waals surface area contributed by atoms with E-state index in [-0.39, 0.29) is 5.41 Å². The number of rotatable bonds is 2. The van der Waals surface area contributed by atoms with Gasteiger partial charge in [-0.05, 0) is 31.0 Å². The first-order chi connectivity index (χ1) is 7.44. The number of imidazole rings is 1. The van der Waals surface area contributed by atoms with Gasteiger partial charge in [0.05, 0.1) is 11.0 Å². The first kappa shape index (κ1) is 11.6. The highest BCUT2D eigenvalue weighted by atomic mass is 79.9. The molecule has 0 aliphatic carbocycles. The number of halogens is 1. The second-order valence-electron chi connectivity index (χ2n) is 4.94. The van der Waals surface area contributed by atoms with E-state index in [0.717, 1.165) is 27.8 Å². The minimum atomic E-state index is 0.109. The Labute approximate surface area is 105 Å². The lowest BCUT2D eigenvalue weighted by atomic mass is 9.90. The first-order valence-electron chi connectivity index (χ1n) is 5.60. The number of hydrogen-bond donors (Lipinski definition) is 1. The van der Waals surface area contributed by atoms with E-state index in [9.17, 15) is 0 Å². The van der Waals surface area contributed by atoms with Crippen LogP contribution in [0.3, 0.4) is 0 Å². The van der Waals surface area contributed by atoms with Crippen LogP contribution in [0.5, 0.6) is 0 Å². The Hall–Kier alpha value is -0.830. The Kier molecular flexibility index (Phi) is 2.82. The molecule has 2 rings (SSSR count). The lowest BCUT2D eigenvalue weighted by molar-refractivity contribution is 0.479. The molecule has 0 atom stereocenters. The van der Waals surface area contributed by atoms with E-state index in [4.69, 9.17) is 4.98 Å². The second kappa shape index (κ2) is 3.88. The molecule has 0 saturated heterocycles. The van der Waals surface area contributed by atoms with Crippen molar-refractivity contribution in [2.24, 2.45) is 0 Å². The van der Waals surface area contributed by atoms with E-state index >= 15 is 0 Å².